The molecule has 110 valence electrons. The van der Waals surface area contributed by atoms with Gasteiger partial charge >= 0.3 is 0 Å². The van der Waals surface area contributed by atoms with Crippen LogP contribution < -0.4 is 10.1 Å². The second-order valence-corrected chi connectivity index (χ2v) is 5.46. The molecule has 0 unspecified atom stereocenters. The SMILES string of the molecule is COc1ccccc1C(=O)Nc1ncc(-c2cccnc2)s1. The quantitative estimate of drug-likeness (QED) is 0.801. The zero-order valence-electron chi connectivity index (χ0n) is 11.8. The van der Waals surface area contributed by atoms with Gasteiger partial charge < -0.3 is 4.74 Å². The van der Waals surface area contributed by atoms with E-state index in [-0.39, 0.29) is 5.91 Å². The number of amides is 1. The molecule has 0 fully saturated rings. The zero-order valence-corrected chi connectivity index (χ0v) is 12.6. The van der Waals surface area contributed by atoms with E-state index in [1.54, 1.807) is 36.8 Å². The molecule has 22 heavy (non-hydrogen) atoms. The van der Waals surface area contributed by atoms with Crippen molar-refractivity contribution in [3.8, 4) is 16.2 Å². The molecule has 2 aromatic heterocycles. The third-order valence-electron chi connectivity index (χ3n) is 3.02. The maximum absolute atomic E-state index is 12.3. The topological polar surface area (TPSA) is 64.1 Å². The number of hydrogen-bond acceptors (Lipinski definition) is 5. The average Bonchev–Trinajstić information content (AvgIpc) is 3.04. The van der Waals surface area contributed by atoms with Gasteiger partial charge in [0.05, 0.1) is 17.6 Å². The fourth-order valence-electron chi connectivity index (χ4n) is 1.97. The van der Waals surface area contributed by atoms with E-state index in [0.717, 1.165) is 10.4 Å². The Morgan fingerprint density at radius 1 is 1.18 bits per heavy atom. The van der Waals surface area contributed by atoms with Gasteiger partial charge in [-0.3, -0.25) is 15.1 Å². The van der Waals surface area contributed by atoms with Crippen LogP contribution in [0.5, 0.6) is 5.75 Å². The van der Waals surface area contributed by atoms with Crippen LogP contribution in [0.15, 0.2) is 55.0 Å². The summed E-state index contributed by atoms with van der Waals surface area (Å²) in [6.45, 7) is 0. The first-order valence-corrected chi connectivity index (χ1v) is 7.40. The smallest absolute Gasteiger partial charge is 0.261 e. The van der Waals surface area contributed by atoms with E-state index in [1.807, 2.05) is 18.2 Å². The number of aromatic nitrogens is 2. The lowest BCUT2D eigenvalue weighted by molar-refractivity contribution is 0.102. The molecule has 1 aromatic carbocycles. The highest BCUT2D eigenvalue weighted by Crippen LogP contribution is 2.29. The van der Waals surface area contributed by atoms with Gasteiger partial charge in [0.25, 0.3) is 5.91 Å². The molecule has 5 nitrogen and oxygen atoms in total. The van der Waals surface area contributed by atoms with Crippen molar-refractivity contribution in [3.63, 3.8) is 0 Å². The van der Waals surface area contributed by atoms with Crippen LogP contribution in [0.4, 0.5) is 5.13 Å². The van der Waals surface area contributed by atoms with E-state index >= 15 is 0 Å². The first-order chi connectivity index (χ1) is 10.8. The van der Waals surface area contributed by atoms with Crippen LogP contribution >= 0.6 is 11.3 Å². The number of nitrogens with one attached hydrogen (secondary N) is 1. The van der Waals surface area contributed by atoms with Gasteiger partial charge in [0.2, 0.25) is 0 Å². The van der Waals surface area contributed by atoms with Crippen LogP contribution in [0.25, 0.3) is 10.4 Å². The Kier molecular flexibility index (Phi) is 4.11. The van der Waals surface area contributed by atoms with Gasteiger partial charge in [0.15, 0.2) is 5.13 Å². The van der Waals surface area contributed by atoms with Crippen LogP contribution in [0, 0.1) is 0 Å². The number of ether oxygens (including phenoxy) is 1. The molecule has 3 rings (SSSR count). The minimum Gasteiger partial charge on any atom is -0.496 e. The van der Waals surface area contributed by atoms with Gasteiger partial charge in [0.1, 0.15) is 5.75 Å². The summed E-state index contributed by atoms with van der Waals surface area (Å²) in [5.74, 6) is 0.286. The molecule has 0 aliphatic heterocycles. The van der Waals surface area contributed by atoms with Crippen molar-refractivity contribution in [2.24, 2.45) is 0 Å². The molecule has 0 aliphatic carbocycles. The van der Waals surface area contributed by atoms with E-state index < -0.39 is 0 Å². The van der Waals surface area contributed by atoms with Gasteiger partial charge in [-0.05, 0) is 18.2 Å². The third-order valence-corrected chi connectivity index (χ3v) is 3.99. The van der Waals surface area contributed by atoms with E-state index in [4.69, 9.17) is 4.74 Å². The summed E-state index contributed by atoms with van der Waals surface area (Å²) in [7, 11) is 1.54. The molecule has 0 spiro atoms. The summed E-state index contributed by atoms with van der Waals surface area (Å²) in [6, 6.07) is 10.9. The molecule has 0 atom stereocenters. The number of benzene rings is 1. The van der Waals surface area contributed by atoms with Gasteiger partial charge in [-0.15, -0.1) is 0 Å². The lowest BCUT2D eigenvalue weighted by Gasteiger charge is -2.06. The normalized spacial score (nSPS) is 10.2. The largest absolute Gasteiger partial charge is 0.496 e. The van der Waals surface area contributed by atoms with Crippen LogP contribution in [0.2, 0.25) is 0 Å². The van der Waals surface area contributed by atoms with Crippen LogP contribution in [-0.4, -0.2) is 23.0 Å². The van der Waals surface area contributed by atoms with E-state index in [0.29, 0.717) is 16.4 Å². The summed E-state index contributed by atoms with van der Waals surface area (Å²) in [4.78, 5) is 21.6. The first-order valence-electron chi connectivity index (χ1n) is 6.58. The van der Waals surface area contributed by atoms with Crippen molar-refractivity contribution in [3.05, 3.63) is 60.6 Å². The Balaban J connectivity index is 1.79. The second-order valence-electron chi connectivity index (χ2n) is 4.43. The molecular formula is C16H13N3O2S. The maximum Gasteiger partial charge on any atom is 0.261 e. The molecule has 6 heteroatoms. The van der Waals surface area contributed by atoms with Crippen molar-refractivity contribution in [2.75, 3.05) is 12.4 Å². The number of para-hydroxylation sites is 1. The number of carbonyl (C=O) groups excluding carboxylic acids is 1. The Bertz CT molecular complexity index is 787. The van der Waals surface area contributed by atoms with Gasteiger partial charge in [-0.1, -0.05) is 29.5 Å². The highest BCUT2D eigenvalue weighted by molar-refractivity contribution is 7.19. The van der Waals surface area contributed by atoms with Crippen molar-refractivity contribution >= 4 is 22.4 Å². The number of methoxy groups -OCH3 is 1. The monoisotopic (exact) mass is 311 g/mol. The van der Waals surface area contributed by atoms with Crippen LogP contribution in [0.1, 0.15) is 10.4 Å². The average molecular weight is 311 g/mol. The zero-order chi connectivity index (χ0) is 15.4. The third kappa shape index (κ3) is 2.96. The number of thiazole rings is 1. The standard InChI is InChI=1S/C16H13N3O2S/c1-21-13-7-3-2-6-12(13)15(20)19-16-18-10-14(22-16)11-5-4-8-17-9-11/h2-10H,1H3,(H,18,19,20). The number of hydrogen-bond donors (Lipinski definition) is 1. The molecule has 0 radical (unpaired) electrons. The number of nitrogens with zero attached hydrogens (tertiary/aromatic N) is 2. The molecule has 0 saturated carbocycles. The number of rotatable bonds is 4. The van der Waals surface area contributed by atoms with E-state index in [2.05, 4.69) is 15.3 Å². The first kappa shape index (κ1) is 14.2. The van der Waals surface area contributed by atoms with Crippen LogP contribution in [0.3, 0.4) is 0 Å². The fraction of sp³-hybridized carbons (Fsp3) is 0.0625. The molecule has 2 heterocycles. The molecule has 0 aliphatic rings. The summed E-state index contributed by atoms with van der Waals surface area (Å²) in [5, 5.41) is 3.33. The van der Waals surface area contributed by atoms with Crippen molar-refractivity contribution in [1.82, 2.24) is 9.97 Å². The summed E-state index contributed by atoms with van der Waals surface area (Å²) >= 11 is 1.40. The van der Waals surface area contributed by atoms with Gasteiger partial charge in [-0.2, -0.15) is 0 Å². The molecule has 0 saturated heterocycles. The Morgan fingerprint density at radius 3 is 2.82 bits per heavy atom. The van der Waals surface area contributed by atoms with Gasteiger partial charge in [0, 0.05) is 24.2 Å². The minimum absolute atomic E-state index is 0.246. The minimum atomic E-state index is -0.246. The number of carbonyl (C=O) groups is 1. The lowest BCUT2D eigenvalue weighted by Crippen LogP contribution is -2.12. The predicted molar refractivity (Wildman–Crippen MR) is 86.3 cm³/mol. The maximum atomic E-state index is 12.3. The molecule has 0 bridgehead atoms. The number of anilines is 1. The van der Waals surface area contributed by atoms with Crippen molar-refractivity contribution in [2.45, 2.75) is 0 Å². The Morgan fingerprint density at radius 2 is 2.05 bits per heavy atom. The van der Waals surface area contributed by atoms with Crippen molar-refractivity contribution in [1.29, 1.82) is 0 Å². The summed E-state index contributed by atoms with van der Waals surface area (Å²) < 4.78 is 5.19. The molecule has 3 aromatic rings. The van der Waals surface area contributed by atoms with Crippen molar-refractivity contribution < 1.29 is 9.53 Å². The Labute approximate surface area is 131 Å². The van der Waals surface area contributed by atoms with E-state index in [9.17, 15) is 4.79 Å². The Hall–Kier alpha value is -2.73. The molecular weight excluding hydrogens is 298 g/mol. The number of pyridine rings is 1. The summed E-state index contributed by atoms with van der Waals surface area (Å²) in [6.07, 6.45) is 5.20. The predicted octanol–water partition coefficient (Wildman–Crippen LogP) is 3.47. The molecule has 1 N–H and O–H groups in total. The fourth-order valence-corrected chi connectivity index (χ4v) is 2.77. The lowest BCUT2D eigenvalue weighted by atomic mass is 10.2. The second kappa shape index (κ2) is 6.36. The van der Waals surface area contributed by atoms with Gasteiger partial charge in [-0.25, -0.2) is 4.98 Å². The molecule has 1 amide bonds. The van der Waals surface area contributed by atoms with E-state index in [1.165, 1.54) is 18.4 Å². The summed E-state index contributed by atoms with van der Waals surface area (Å²) in [5.41, 5.74) is 1.45. The highest BCUT2D eigenvalue weighted by atomic mass is 32.1. The highest BCUT2D eigenvalue weighted by Gasteiger charge is 2.13. The van der Waals surface area contributed by atoms with Crippen LogP contribution in [-0.2, 0) is 0 Å².